The van der Waals surface area contributed by atoms with Crippen LogP contribution in [0.5, 0.6) is 17.2 Å². The number of halogens is 3. The number of benzene rings is 3. The van der Waals surface area contributed by atoms with Crippen molar-refractivity contribution in [2.45, 2.75) is 88.5 Å². The molecule has 4 heterocycles. The monoisotopic (exact) mass is 790 g/mol. The lowest BCUT2D eigenvalue weighted by atomic mass is 9.99. The molecule has 4 aliphatic heterocycles. The van der Waals surface area contributed by atoms with E-state index in [1.54, 1.807) is 36.9 Å². The molecule has 3 aromatic carbocycles. The van der Waals surface area contributed by atoms with Gasteiger partial charge in [-0.1, -0.05) is 38.1 Å². The predicted molar refractivity (Wildman–Crippen MR) is 191 cm³/mol. The van der Waals surface area contributed by atoms with Crippen LogP contribution < -0.4 is 14.2 Å². The first kappa shape index (κ1) is 39.2. The van der Waals surface area contributed by atoms with E-state index in [0.717, 1.165) is 17.7 Å². The van der Waals surface area contributed by atoms with E-state index in [1.165, 1.54) is 28.6 Å². The summed E-state index contributed by atoms with van der Waals surface area (Å²) in [6.45, 7) is 8.26. The molecule has 0 bridgehead atoms. The Morgan fingerprint density at radius 3 is 2.40 bits per heavy atom. The fourth-order valence-corrected chi connectivity index (χ4v) is 9.16. The maximum atomic E-state index is 14.3. The average Bonchev–Trinajstić information content (AvgIpc) is 3.92. The van der Waals surface area contributed by atoms with Crippen LogP contribution in [0.4, 0.5) is 18.0 Å². The van der Waals surface area contributed by atoms with E-state index in [0.29, 0.717) is 35.8 Å². The van der Waals surface area contributed by atoms with Gasteiger partial charge in [-0.2, -0.15) is 17.5 Å². The van der Waals surface area contributed by atoms with E-state index >= 15 is 0 Å². The summed E-state index contributed by atoms with van der Waals surface area (Å²) in [6, 6.07) is 15.8. The number of carbonyl (C=O) groups is 1. The van der Waals surface area contributed by atoms with Crippen molar-refractivity contribution in [3.8, 4) is 17.2 Å². The number of carbonyl (C=O) groups excluding carboxylic acids is 1. The van der Waals surface area contributed by atoms with Gasteiger partial charge < -0.3 is 33.2 Å². The van der Waals surface area contributed by atoms with Crippen molar-refractivity contribution >= 4 is 16.1 Å². The van der Waals surface area contributed by atoms with Crippen molar-refractivity contribution in [3.05, 3.63) is 83.4 Å². The topological polar surface area (TPSA) is 122 Å². The Kier molecular flexibility index (Phi) is 11.0. The third kappa shape index (κ3) is 8.53. The SMILES string of the molecule is CC(C)CN(C[C@@H]1OC(C)(C)N(C(=O)O[C@@H]2CO[C@@H]3OCC[C@@H]32)[C@@H]1Cc1ccc(OCc2ccc(C(F)(F)F)cc2)cc1)S(=O)(=O)c1ccc2c(c1)OCO2. The highest BCUT2D eigenvalue weighted by molar-refractivity contribution is 7.89. The van der Waals surface area contributed by atoms with Gasteiger partial charge in [-0.25, -0.2) is 13.2 Å². The van der Waals surface area contributed by atoms with Gasteiger partial charge in [-0.05, 0) is 80.1 Å². The fourth-order valence-electron chi connectivity index (χ4n) is 7.53. The van der Waals surface area contributed by atoms with Crippen molar-refractivity contribution in [2.75, 3.05) is 33.1 Å². The molecule has 55 heavy (non-hydrogen) atoms. The maximum absolute atomic E-state index is 14.3. The minimum atomic E-state index is -4.42. The quantitative estimate of drug-likeness (QED) is 0.198. The maximum Gasteiger partial charge on any atom is 0.416 e. The Bertz CT molecular complexity index is 1940. The molecule has 0 aromatic heterocycles. The zero-order valence-electron chi connectivity index (χ0n) is 31.0. The highest BCUT2D eigenvalue weighted by atomic mass is 32.2. The van der Waals surface area contributed by atoms with Crippen molar-refractivity contribution in [1.82, 2.24) is 9.21 Å². The van der Waals surface area contributed by atoms with Crippen LogP contribution in [0.3, 0.4) is 0 Å². The number of amides is 1. The van der Waals surface area contributed by atoms with Gasteiger partial charge in [0.15, 0.2) is 17.8 Å². The van der Waals surface area contributed by atoms with Crippen LogP contribution in [0, 0.1) is 11.8 Å². The van der Waals surface area contributed by atoms with E-state index in [9.17, 15) is 26.4 Å². The molecule has 7 rings (SSSR count). The molecule has 0 spiro atoms. The number of hydrogen-bond acceptors (Lipinski definition) is 10. The van der Waals surface area contributed by atoms with E-state index in [4.69, 9.17) is 33.2 Å². The summed E-state index contributed by atoms with van der Waals surface area (Å²) < 4.78 is 110. The molecule has 4 aliphatic rings. The summed E-state index contributed by atoms with van der Waals surface area (Å²) in [7, 11) is -4.07. The summed E-state index contributed by atoms with van der Waals surface area (Å²) in [5.41, 5.74) is -0.543. The minimum absolute atomic E-state index is 0.000813. The van der Waals surface area contributed by atoms with Gasteiger partial charge >= 0.3 is 12.3 Å². The highest BCUT2D eigenvalue weighted by Gasteiger charge is 2.53. The summed E-state index contributed by atoms with van der Waals surface area (Å²) in [4.78, 5) is 15.8. The molecule has 5 atom stereocenters. The molecule has 0 unspecified atom stereocenters. The number of rotatable bonds is 12. The van der Waals surface area contributed by atoms with Crippen molar-refractivity contribution < 1.29 is 59.5 Å². The molecule has 3 fully saturated rings. The van der Waals surface area contributed by atoms with Crippen molar-refractivity contribution in [3.63, 3.8) is 0 Å². The third-order valence-corrected chi connectivity index (χ3v) is 12.0. The Morgan fingerprint density at radius 2 is 1.69 bits per heavy atom. The summed E-state index contributed by atoms with van der Waals surface area (Å²) in [6.07, 6.45) is -5.77. The molecule has 1 amide bonds. The molecular weight excluding hydrogens is 745 g/mol. The number of fused-ring (bicyclic) bond motifs is 2. The standard InChI is InChI=1S/C39H45F3N2O10S/c1-24(2)19-43(55(46,47)29-13-14-32-33(18-29)52-23-51-32)20-34-31(44(38(3,4)54-34)37(45)53-35-22-50-36-30(35)15-16-48-36)17-25-7-11-28(12-8-25)49-21-26-5-9-27(10-6-26)39(40,41)42/h5-14,18,24,30-31,34-36H,15-17,19-23H2,1-4H3/t30-,31-,34+,35-,36+/m1/s1. The second-order valence-electron chi connectivity index (χ2n) is 15.1. The molecule has 298 valence electrons. The van der Waals surface area contributed by atoms with Crippen LogP contribution in [-0.2, 0) is 48.2 Å². The van der Waals surface area contributed by atoms with Crippen LogP contribution in [0.1, 0.15) is 50.8 Å². The number of ether oxygens (including phenoxy) is 7. The second kappa shape index (κ2) is 15.4. The van der Waals surface area contributed by atoms with Crippen LogP contribution in [0.15, 0.2) is 71.6 Å². The third-order valence-electron chi connectivity index (χ3n) is 10.2. The first-order valence-electron chi connectivity index (χ1n) is 18.3. The van der Waals surface area contributed by atoms with Gasteiger partial charge in [0.2, 0.25) is 16.8 Å². The lowest BCUT2D eigenvalue weighted by Gasteiger charge is -2.34. The second-order valence-corrected chi connectivity index (χ2v) is 17.0. The van der Waals surface area contributed by atoms with Gasteiger partial charge in [-0.3, -0.25) is 4.90 Å². The molecule has 0 aliphatic carbocycles. The van der Waals surface area contributed by atoms with Crippen LogP contribution in [0.25, 0.3) is 0 Å². The number of sulfonamides is 1. The van der Waals surface area contributed by atoms with Gasteiger partial charge in [0.25, 0.3) is 0 Å². The van der Waals surface area contributed by atoms with E-state index in [-0.39, 0.29) is 56.2 Å². The van der Waals surface area contributed by atoms with Gasteiger partial charge in [0.05, 0.1) is 41.7 Å². The Labute approximate surface area is 318 Å². The molecule has 0 N–H and O–H groups in total. The van der Waals surface area contributed by atoms with Crippen molar-refractivity contribution in [1.29, 1.82) is 0 Å². The molecule has 12 nitrogen and oxygen atoms in total. The Balaban J connectivity index is 1.13. The average molecular weight is 791 g/mol. The molecular formula is C39H45F3N2O10S. The van der Waals surface area contributed by atoms with Crippen molar-refractivity contribution in [2.24, 2.45) is 11.8 Å². The van der Waals surface area contributed by atoms with Crippen LogP contribution in [-0.4, -0.2) is 87.1 Å². The van der Waals surface area contributed by atoms with Crippen LogP contribution >= 0.6 is 0 Å². The molecule has 0 saturated carbocycles. The molecule has 3 aromatic rings. The molecule has 3 saturated heterocycles. The van der Waals surface area contributed by atoms with E-state index < -0.39 is 58.1 Å². The summed E-state index contributed by atoms with van der Waals surface area (Å²) in [5.74, 6) is 1.16. The largest absolute Gasteiger partial charge is 0.489 e. The lowest BCUT2D eigenvalue weighted by Crippen LogP contribution is -2.51. The Hall–Kier alpha value is -4.09. The molecule has 0 radical (unpaired) electrons. The van der Waals surface area contributed by atoms with Gasteiger partial charge in [0, 0.05) is 19.2 Å². The first-order valence-corrected chi connectivity index (χ1v) is 19.7. The normalized spacial score (nSPS) is 24.5. The summed E-state index contributed by atoms with van der Waals surface area (Å²) in [5, 5.41) is 0. The lowest BCUT2D eigenvalue weighted by molar-refractivity contribution is -0.137. The minimum Gasteiger partial charge on any atom is -0.489 e. The number of hydrogen-bond donors (Lipinski definition) is 0. The molecule has 16 heteroatoms. The Morgan fingerprint density at radius 1 is 0.982 bits per heavy atom. The predicted octanol–water partition coefficient (Wildman–Crippen LogP) is 6.61. The number of alkyl halides is 3. The van der Waals surface area contributed by atoms with E-state index in [1.807, 2.05) is 26.0 Å². The van der Waals surface area contributed by atoms with Crippen LogP contribution in [0.2, 0.25) is 0 Å². The number of nitrogens with zero attached hydrogens (tertiary/aromatic N) is 2. The highest BCUT2D eigenvalue weighted by Crippen LogP contribution is 2.40. The van der Waals surface area contributed by atoms with Gasteiger partial charge in [0.1, 0.15) is 24.2 Å². The van der Waals surface area contributed by atoms with Gasteiger partial charge in [-0.15, -0.1) is 0 Å². The zero-order chi connectivity index (χ0) is 39.1. The smallest absolute Gasteiger partial charge is 0.416 e. The summed E-state index contributed by atoms with van der Waals surface area (Å²) >= 11 is 0. The van der Waals surface area contributed by atoms with E-state index in [2.05, 4.69) is 0 Å². The fraction of sp³-hybridized carbons (Fsp3) is 0.513. The first-order chi connectivity index (χ1) is 26.1. The zero-order valence-corrected chi connectivity index (χ0v) is 31.8.